The smallest absolute Gasteiger partial charge is 0.376 e. The maximum Gasteiger partial charge on any atom is 0.380 e. The van der Waals surface area contributed by atoms with E-state index in [1.807, 2.05) is 6.07 Å². The van der Waals surface area contributed by atoms with Crippen LogP contribution in [0.25, 0.3) is 0 Å². The molecule has 4 rings (SSSR count). The Labute approximate surface area is 175 Å². The highest BCUT2D eigenvalue weighted by Crippen LogP contribution is 2.61. The summed E-state index contributed by atoms with van der Waals surface area (Å²) in [6.07, 6.45) is 7.30. The van der Waals surface area contributed by atoms with Crippen LogP contribution in [0.5, 0.6) is 5.75 Å². The van der Waals surface area contributed by atoms with E-state index in [1.165, 1.54) is 36.8 Å². The van der Waals surface area contributed by atoms with Crippen LogP contribution >= 0.6 is 0 Å². The largest absolute Gasteiger partial charge is 0.380 e. The van der Waals surface area contributed by atoms with Crippen LogP contribution in [0.3, 0.4) is 0 Å². The first kappa shape index (κ1) is 21.1. The average Bonchev–Trinajstić information content (AvgIpc) is 2.96. The molecule has 4 unspecified atom stereocenters. The first-order valence-corrected chi connectivity index (χ1v) is 12.3. The average molecular weight is 423 g/mol. The van der Waals surface area contributed by atoms with Gasteiger partial charge in [-0.05, 0) is 99.0 Å². The summed E-state index contributed by atoms with van der Waals surface area (Å²) in [6.45, 7) is 4.24. The summed E-state index contributed by atoms with van der Waals surface area (Å²) in [6, 6.07) is 5.68. The molecule has 5 atom stereocenters. The molecule has 0 aliphatic heterocycles. The number of rotatable bonds is 6. The molecule has 0 spiro atoms. The molecule has 0 saturated heterocycles. The Hall–Kier alpha value is -1.15. The van der Waals surface area contributed by atoms with Crippen LogP contribution in [0, 0.1) is 17.3 Å². The van der Waals surface area contributed by atoms with Crippen LogP contribution in [-0.4, -0.2) is 46.7 Å². The number of likely N-dealkylation sites (N-methyl/N-ethyl adjacent to an activating group) is 1. The molecule has 3 aliphatic rings. The summed E-state index contributed by atoms with van der Waals surface area (Å²) in [4.78, 5) is 2.18. The van der Waals surface area contributed by atoms with Gasteiger partial charge in [0.05, 0.1) is 12.7 Å². The van der Waals surface area contributed by atoms with Crippen molar-refractivity contribution in [3.63, 3.8) is 0 Å². The molecule has 162 valence electrons. The van der Waals surface area contributed by atoms with E-state index in [0.29, 0.717) is 29.6 Å². The topological polar surface area (TPSA) is 81.9 Å². The minimum absolute atomic E-state index is 0.279. The number of fused-ring (bicyclic) bond motifs is 5. The standard InChI is InChI=1S/C22H34N2O4S/c1-22-11-10-18-17-7-5-16(28-29(23,25)26)14-15(17)4-6-19(18)20(22)8-9-21(22)27-13-12-24(2)3/h5,7,14,18-21H,4,6,8-13H2,1-3H3,(H2,23,25,26)/t18?,19?,20?,21-,22?/m0/s1. The van der Waals surface area contributed by atoms with Crippen molar-refractivity contribution in [1.82, 2.24) is 4.90 Å². The third-order valence-corrected chi connectivity index (χ3v) is 8.11. The van der Waals surface area contributed by atoms with E-state index in [1.54, 1.807) is 6.07 Å². The van der Waals surface area contributed by atoms with Crippen LogP contribution in [0.15, 0.2) is 18.2 Å². The van der Waals surface area contributed by atoms with Crippen molar-refractivity contribution in [3.8, 4) is 5.75 Å². The summed E-state index contributed by atoms with van der Waals surface area (Å²) in [7, 11) is 0.197. The Kier molecular flexibility index (Phi) is 5.70. The third-order valence-electron chi connectivity index (χ3n) is 7.68. The molecule has 7 heteroatoms. The Morgan fingerprint density at radius 2 is 2.00 bits per heavy atom. The second kappa shape index (κ2) is 7.84. The van der Waals surface area contributed by atoms with Crippen molar-refractivity contribution in [3.05, 3.63) is 29.3 Å². The highest BCUT2D eigenvalue weighted by atomic mass is 32.2. The summed E-state index contributed by atoms with van der Waals surface area (Å²) < 4.78 is 33.7. The Morgan fingerprint density at radius 1 is 1.21 bits per heavy atom. The number of ether oxygens (including phenoxy) is 1. The molecule has 0 aromatic heterocycles. The van der Waals surface area contributed by atoms with Crippen LogP contribution in [-0.2, 0) is 21.5 Å². The number of nitrogens with zero attached hydrogens (tertiary/aromatic N) is 1. The zero-order chi connectivity index (χ0) is 20.8. The van der Waals surface area contributed by atoms with E-state index < -0.39 is 10.3 Å². The Bertz CT molecular complexity index is 856. The number of nitrogens with two attached hydrogens (primary N) is 1. The van der Waals surface area contributed by atoms with Crippen LogP contribution in [0.2, 0.25) is 0 Å². The van der Waals surface area contributed by atoms with Crippen molar-refractivity contribution in [2.24, 2.45) is 22.4 Å². The molecule has 2 saturated carbocycles. The van der Waals surface area contributed by atoms with E-state index in [-0.39, 0.29) is 5.41 Å². The summed E-state index contributed by atoms with van der Waals surface area (Å²) in [5, 5.41) is 5.02. The molecule has 1 aromatic carbocycles. The van der Waals surface area contributed by atoms with Gasteiger partial charge in [-0.2, -0.15) is 13.6 Å². The molecule has 0 radical (unpaired) electrons. The fraction of sp³-hybridized carbons (Fsp3) is 0.727. The number of aryl methyl sites for hydroxylation is 1. The van der Waals surface area contributed by atoms with Crippen molar-refractivity contribution in [1.29, 1.82) is 0 Å². The van der Waals surface area contributed by atoms with Gasteiger partial charge in [-0.15, -0.1) is 0 Å². The van der Waals surface area contributed by atoms with Gasteiger partial charge >= 0.3 is 10.3 Å². The molecule has 3 aliphatic carbocycles. The van der Waals surface area contributed by atoms with Gasteiger partial charge in [0.2, 0.25) is 0 Å². The molecule has 0 heterocycles. The minimum atomic E-state index is -3.98. The zero-order valence-electron chi connectivity index (χ0n) is 17.8. The van der Waals surface area contributed by atoms with E-state index in [2.05, 4.69) is 32.0 Å². The van der Waals surface area contributed by atoms with Crippen molar-refractivity contribution in [2.45, 2.75) is 57.5 Å². The molecule has 1 aromatic rings. The third kappa shape index (κ3) is 4.20. The van der Waals surface area contributed by atoms with E-state index in [0.717, 1.165) is 26.0 Å². The second-order valence-electron chi connectivity index (χ2n) is 9.64. The van der Waals surface area contributed by atoms with Crippen molar-refractivity contribution in [2.75, 3.05) is 27.2 Å². The highest BCUT2D eigenvalue weighted by molar-refractivity contribution is 7.84. The maximum absolute atomic E-state index is 11.2. The summed E-state index contributed by atoms with van der Waals surface area (Å²) in [5.74, 6) is 2.27. The lowest BCUT2D eigenvalue weighted by Crippen LogP contribution is -2.45. The lowest BCUT2D eigenvalue weighted by atomic mass is 9.55. The van der Waals surface area contributed by atoms with Gasteiger partial charge in [-0.25, -0.2) is 0 Å². The lowest BCUT2D eigenvalue weighted by Gasteiger charge is -2.50. The highest BCUT2D eigenvalue weighted by Gasteiger charge is 2.55. The van der Waals surface area contributed by atoms with E-state index in [9.17, 15) is 8.42 Å². The van der Waals surface area contributed by atoms with Gasteiger partial charge < -0.3 is 13.8 Å². The quantitative estimate of drug-likeness (QED) is 0.762. The summed E-state index contributed by atoms with van der Waals surface area (Å²) >= 11 is 0. The Balaban J connectivity index is 1.50. The predicted octanol–water partition coefficient (Wildman–Crippen LogP) is 3.07. The van der Waals surface area contributed by atoms with Crippen LogP contribution in [0.4, 0.5) is 0 Å². The fourth-order valence-corrected chi connectivity index (χ4v) is 6.72. The molecule has 0 amide bonds. The molecule has 29 heavy (non-hydrogen) atoms. The molecule has 2 fully saturated rings. The number of hydrogen-bond acceptors (Lipinski definition) is 5. The summed E-state index contributed by atoms with van der Waals surface area (Å²) in [5.41, 5.74) is 2.87. The predicted molar refractivity (Wildman–Crippen MR) is 113 cm³/mol. The number of benzene rings is 1. The van der Waals surface area contributed by atoms with Crippen molar-refractivity contribution < 1.29 is 17.3 Å². The lowest BCUT2D eigenvalue weighted by molar-refractivity contribution is -0.0661. The molecule has 6 nitrogen and oxygen atoms in total. The van der Waals surface area contributed by atoms with Gasteiger partial charge in [-0.1, -0.05) is 13.0 Å². The van der Waals surface area contributed by atoms with Crippen molar-refractivity contribution >= 4 is 10.3 Å². The number of hydrogen-bond donors (Lipinski definition) is 1. The minimum Gasteiger partial charge on any atom is -0.376 e. The SMILES string of the molecule is CN(C)CCO[C@H]1CCC2C3CCc4cc(OS(N)(=O)=O)ccc4C3CCC21C. The second-order valence-corrected chi connectivity index (χ2v) is 10.8. The Morgan fingerprint density at radius 3 is 2.72 bits per heavy atom. The molecular formula is C22H34N2O4S. The molecule has 2 N–H and O–H groups in total. The van der Waals surface area contributed by atoms with Gasteiger partial charge in [0.25, 0.3) is 0 Å². The van der Waals surface area contributed by atoms with E-state index in [4.69, 9.17) is 14.1 Å². The van der Waals surface area contributed by atoms with Gasteiger partial charge in [-0.3, -0.25) is 0 Å². The first-order chi connectivity index (χ1) is 13.7. The van der Waals surface area contributed by atoms with Crippen LogP contribution < -0.4 is 9.32 Å². The molecule has 0 bridgehead atoms. The molecular weight excluding hydrogens is 388 g/mol. The monoisotopic (exact) mass is 422 g/mol. The van der Waals surface area contributed by atoms with Gasteiger partial charge in [0.15, 0.2) is 0 Å². The van der Waals surface area contributed by atoms with Gasteiger partial charge in [0, 0.05) is 6.54 Å². The van der Waals surface area contributed by atoms with Gasteiger partial charge in [0.1, 0.15) is 5.75 Å². The normalized spacial score (nSPS) is 33.8. The first-order valence-electron chi connectivity index (χ1n) is 10.8. The van der Waals surface area contributed by atoms with E-state index >= 15 is 0 Å². The maximum atomic E-state index is 11.2. The zero-order valence-corrected chi connectivity index (χ0v) is 18.6. The fourth-order valence-electron chi connectivity index (χ4n) is 6.35. The van der Waals surface area contributed by atoms with Crippen LogP contribution in [0.1, 0.15) is 56.1 Å².